The number of nitrogens with zero attached hydrogens (tertiary/aromatic N) is 6. The van der Waals surface area contributed by atoms with Crippen LogP contribution in [-0.4, -0.2) is 31.4 Å². The predicted molar refractivity (Wildman–Crippen MR) is 123 cm³/mol. The molecule has 0 aliphatic rings. The Bertz CT molecular complexity index is 1140. The fraction of sp³-hybridized carbons (Fsp3) is 0.375. The summed E-state index contributed by atoms with van der Waals surface area (Å²) >= 11 is 2.29. The van der Waals surface area contributed by atoms with Crippen LogP contribution in [0.25, 0.3) is 5.82 Å². The number of hydrogen-bond acceptors (Lipinski definition) is 4. The topological polar surface area (TPSA) is 50.2 Å². The van der Waals surface area contributed by atoms with E-state index in [1.165, 1.54) is 3.90 Å². The van der Waals surface area contributed by atoms with Crippen LogP contribution in [0.5, 0.6) is 0 Å². The van der Waals surface area contributed by atoms with Gasteiger partial charge >= 0.3 is 160 Å². The van der Waals surface area contributed by atoms with Crippen LogP contribution in [0.4, 0.5) is 5.82 Å². The molecule has 0 amide bonds. The van der Waals surface area contributed by atoms with Crippen LogP contribution in [-0.2, 0) is 31.8 Å². The van der Waals surface area contributed by atoms with Gasteiger partial charge in [-0.25, -0.2) is 0 Å². The van der Waals surface area contributed by atoms with E-state index in [-0.39, 0.29) is 5.41 Å². The van der Waals surface area contributed by atoms with E-state index >= 15 is 0 Å². The Kier molecular flexibility index (Phi) is 6.70. The van der Waals surface area contributed by atoms with Gasteiger partial charge in [-0.15, -0.1) is 0 Å². The van der Waals surface area contributed by atoms with Gasteiger partial charge in [-0.3, -0.25) is 0 Å². The van der Waals surface area contributed by atoms with Crippen molar-refractivity contribution in [2.75, 3.05) is 12.1 Å². The molecule has 166 valence electrons. The van der Waals surface area contributed by atoms with Crippen LogP contribution in [0, 0.1) is 13.8 Å². The third kappa shape index (κ3) is 4.74. The average molecular weight is 599 g/mol. The number of anilines is 1. The van der Waals surface area contributed by atoms with Crippen molar-refractivity contribution in [1.29, 1.82) is 0 Å². The van der Waals surface area contributed by atoms with E-state index in [9.17, 15) is 0 Å². The van der Waals surface area contributed by atoms with Gasteiger partial charge < -0.3 is 0 Å². The zero-order valence-electron chi connectivity index (χ0n) is 19.5. The summed E-state index contributed by atoms with van der Waals surface area (Å²) in [6.45, 7) is 12.6. The van der Waals surface area contributed by atoms with Crippen molar-refractivity contribution in [2.45, 2.75) is 47.0 Å². The maximum atomic E-state index is 4.97. The Labute approximate surface area is 196 Å². The molecule has 0 bridgehead atoms. The Balaban J connectivity index is 2.04. The van der Waals surface area contributed by atoms with Gasteiger partial charge in [0.1, 0.15) is 0 Å². The maximum absolute atomic E-state index is 4.97. The monoisotopic (exact) mass is 598 g/mol. The summed E-state index contributed by atoms with van der Waals surface area (Å²) in [7, 11) is 4.06. The summed E-state index contributed by atoms with van der Waals surface area (Å²) in [5.41, 5.74) is 5.00. The second kappa shape index (κ2) is 8.95. The zero-order chi connectivity index (χ0) is 22.9. The van der Waals surface area contributed by atoms with Crippen LogP contribution in [0.3, 0.4) is 0 Å². The minimum absolute atomic E-state index is 0.316. The van der Waals surface area contributed by atoms with Crippen molar-refractivity contribution < 1.29 is 23.9 Å². The zero-order valence-corrected chi connectivity index (χ0v) is 21.8. The number of pyridine rings is 2. The van der Waals surface area contributed by atoms with Crippen LogP contribution in [0.2, 0.25) is 0 Å². The van der Waals surface area contributed by atoms with Gasteiger partial charge in [0.05, 0.1) is 5.69 Å². The number of hydrogen-bond donors (Lipinski definition) is 0. The standard InChI is InChI=1S/C24H31N6.Pt/c1-9-18(3)26-29(8)23-15-11-13-21(28(23)7)24(5,6)20-12-10-14-22(25-20)30-16-17(2)19(4)27-30;/h10-16H,1-8H3;/q+1;/b26-18-;. The fourth-order valence-electron chi connectivity index (χ4n) is 3.56. The van der Waals surface area contributed by atoms with Gasteiger partial charge in [-0.2, -0.15) is 5.10 Å². The Hall–Kier alpha value is -2.46. The third-order valence-electron chi connectivity index (χ3n) is 5.71. The average Bonchev–Trinajstić information content (AvgIpc) is 3.06. The fourth-order valence-corrected chi connectivity index (χ4v) is 3.67. The molecule has 0 saturated carbocycles. The van der Waals surface area contributed by atoms with E-state index in [1.807, 2.05) is 42.8 Å². The first-order valence-electron chi connectivity index (χ1n) is 10.3. The molecule has 0 N–H and O–H groups in total. The normalized spacial score (nSPS) is 12.3. The van der Waals surface area contributed by atoms with E-state index in [0.717, 1.165) is 40.0 Å². The third-order valence-corrected chi connectivity index (χ3v) is 6.53. The van der Waals surface area contributed by atoms with Crippen molar-refractivity contribution in [1.82, 2.24) is 14.8 Å². The summed E-state index contributed by atoms with van der Waals surface area (Å²) in [4.78, 5) is 4.97. The molecule has 0 aromatic carbocycles. The second-order valence-corrected chi connectivity index (χ2v) is 10.1. The molecule has 0 radical (unpaired) electrons. The Morgan fingerprint density at radius 1 is 1.13 bits per heavy atom. The molecule has 7 heteroatoms. The molecule has 3 aromatic heterocycles. The quantitative estimate of drug-likeness (QED) is 0.248. The number of hydrazone groups is 1. The number of aromatic nitrogens is 4. The van der Waals surface area contributed by atoms with Gasteiger partial charge in [-0.1, -0.05) is 0 Å². The SMILES string of the molecule is C[C](=[Pt])/C(C)=N\N(C)c1cccc(C(C)(C)c2cccc(-n3cc(C)c(C)n3)n2)[n+]1C. The van der Waals surface area contributed by atoms with E-state index in [2.05, 4.69) is 94.1 Å². The molecule has 0 fully saturated rings. The van der Waals surface area contributed by atoms with Crippen molar-refractivity contribution in [3.8, 4) is 5.82 Å². The van der Waals surface area contributed by atoms with Crippen molar-refractivity contribution >= 4 is 15.4 Å². The molecule has 6 nitrogen and oxygen atoms in total. The summed E-state index contributed by atoms with van der Waals surface area (Å²) in [6.07, 6.45) is 2.02. The van der Waals surface area contributed by atoms with Gasteiger partial charge in [0, 0.05) is 6.20 Å². The first kappa shape index (κ1) is 23.2. The molecule has 3 rings (SSSR count). The van der Waals surface area contributed by atoms with Crippen molar-refractivity contribution in [2.24, 2.45) is 12.1 Å². The van der Waals surface area contributed by atoms with Crippen LogP contribution in [0.15, 0.2) is 47.7 Å². The van der Waals surface area contributed by atoms with Gasteiger partial charge in [0.2, 0.25) is 0 Å². The van der Waals surface area contributed by atoms with Crippen LogP contribution in [0.1, 0.15) is 50.3 Å². The van der Waals surface area contributed by atoms with Gasteiger partial charge in [0.15, 0.2) is 0 Å². The van der Waals surface area contributed by atoms with Gasteiger partial charge in [-0.05, 0) is 19.4 Å². The van der Waals surface area contributed by atoms with E-state index in [4.69, 9.17) is 10.1 Å². The molecule has 0 aliphatic heterocycles. The molecule has 0 unspecified atom stereocenters. The van der Waals surface area contributed by atoms with Crippen molar-refractivity contribution in [3.05, 3.63) is 65.2 Å². The van der Waals surface area contributed by atoms with Crippen molar-refractivity contribution in [3.63, 3.8) is 0 Å². The summed E-state index contributed by atoms with van der Waals surface area (Å²) in [5, 5.41) is 11.3. The van der Waals surface area contributed by atoms with Crippen LogP contribution < -0.4 is 9.58 Å². The van der Waals surface area contributed by atoms with E-state index in [0.29, 0.717) is 0 Å². The molecule has 0 atom stereocenters. The number of rotatable bonds is 6. The summed E-state index contributed by atoms with van der Waals surface area (Å²) in [6, 6.07) is 12.4. The second-order valence-electron chi connectivity index (χ2n) is 8.37. The first-order valence-corrected chi connectivity index (χ1v) is 11.4. The molecular formula is C24H31N6Pt+. The summed E-state index contributed by atoms with van der Waals surface area (Å²) < 4.78 is 5.22. The Morgan fingerprint density at radius 3 is 2.42 bits per heavy atom. The molecule has 0 spiro atoms. The van der Waals surface area contributed by atoms with E-state index in [1.54, 1.807) is 0 Å². The van der Waals surface area contributed by atoms with Crippen LogP contribution >= 0.6 is 0 Å². The number of aryl methyl sites for hydroxylation is 2. The molecule has 0 saturated heterocycles. The minimum atomic E-state index is -0.316. The summed E-state index contributed by atoms with van der Waals surface area (Å²) in [5.74, 6) is 1.84. The molecule has 0 aliphatic carbocycles. The molecule has 3 aromatic rings. The molecule has 31 heavy (non-hydrogen) atoms. The first-order chi connectivity index (χ1) is 14.5. The Morgan fingerprint density at radius 2 is 1.81 bits per heavy atom. The van der Waals surface area contributed by atoms with E-state index < -0.39 is 0 Å². The van der Waals surface area contributed by atoms with Gasteiger partial charge in [0.25, 0.3) is 0 Å². The molecule has 3 heterocycles. The molecular weight excluding hydrogens is 567 g/mol. The predicted octanol–water partition coefficient (Wildman–Crippen LogP) is 3.59.